The highest BCUT2D eigenvalue weighted by atomic mass is 16.5. The number of anilines is 1. The van der Waals surface area contributed by atoms with E-state index in [0.29, 0.717) is 11.8 Å². The van der Waals surface area contributed by atoms with Gasteiger partial charge in [-0.05, 0) is 63.2 Å². The molecule has 0 unspecified atom stereocenters. The van der Waals surface area contributed by atoms with Gasteiger partial charge in [-0.25, -0.2) is 9.97 Å². The summed E-state index contributed by atoms with van der Waals surface area (Å²) in [6, 6.07) is 10.7. The van der Waals surface area contributed by atoms with Crippen molar-refractivity contribution in [3.05, 3.63) is 59.5 Å². The van der Waals surface area contributed by atoms with Crippen LogP contribution in [-0.2, 0) is 5.54 Å². The van der Waals surface area contributed by atoms with Gasteiger partial charge >= 0.3 is 0 Å². The third kappa shape index (κ3) is 3.46. The van der Waals surface area contributed by atoms with Crippen LogP contribution in [0.2, 0.25) is 0 Å². The minimum absolute atomic E-state index is 0.0349. The SMILES string of the molecule is COc1ccc(C2(NC(=O)c3cc(N4CC(N(C)C)C4)ccc3C)CC2)c2cncnc12. The molecular formula is C25H29N5O2. The lowest BCUT2D eigenvalue weighted by Crippen LogP contribution is -2.57. The van der Waals surface area contributed by atoms with Gasteiger partial charge in [0.05, 0.1) is 12.6 Å². The van der Waals surface area contributed by atoms with E-state index in [0.717, 1.165) is 59.2 Å². The Morgan fingerprint density at radius 2 is 2.00 bits per heavy atom. The Morgan fingerprint density at radius 1 is 1.22 bits per heavy atom. The monoisotopic (exact) mass is 431 g/mol. The third-order valence-electron chi connectivity index (χ3n) is 6.90. The van der Waals surface area contributed by atoms with Crippen LogP contribution in [0.15, 0.2) is 42.9 Å². The van der Waals surface area contributed by atoms with Crippen molar-refractivity contribution in [1.29, 1.82) is 0 Å². The number of hydrogen-bond donors (Lipinski definition) is 1. The number of amides is 1. The zero-order chi connectivity index (χ0) is 22.5. The summed E-state index contributed by atoms with van der Waals surface area (Å²) in [6.07, 6.45) is 5.12. The van der Waals surface area contributed by atoms with Crippen molar-refractivity contribution in [2.45, 2.75) is 31.3 Å². The topological polar surface area (TPSA) is 70.6 Å². The first-order valence-electron chi connectivity index (χ1n) is 11.0. The van der Waals surface area contributed by atoms with Crippen LogP contribution in [0.3, 0.4) is 0 Å². The molecule has 1 aromatic heterocycles. The molecule has 3 aromatic rings. The zero-order valence-corrected chi connectivity index (χ0v) is 19.1. The molecule has 1 amide bonds. The molecule has 0 bridgehead atoms. The number of benzene rings is 2. The summed E-state index contributed by atoms with van der Waals surface area (Å²) in [5, 5.41) is 4.26. The number of methoxy groups -OCH3 is 1. The molecule has 7 nitrogen and oxygen atoms in total. The molecule has 7 heteroatoms. The maximum Gasteiger partial charge on any atom is 0.252 e. The number of carbonyl (C=O) groups excluding carboxylic acids is 1. The van der Waals surface area contributed by atoms with Crippen molar-refractivity contribution >= 4 is 22.5 Å². The number of hydrogen-bond acceptors (Lipinski definition) is 6. The van der Waals surface area contributed by atoms with Crippen molar-refractivity contribution in [2.75, 3.05) is 39.2 Å². The van der Waals surface area contributed by atoms with E-state index in [9.17, 15) is 4.79 Å². The maximum atomic E-state index is 13.4. The van der Waals surface area contributed by atoms with Crippen LogP contribution < -0.4 is 15.0 Å². The van der Waals surface area contributed by atoms with Crippen molar-refractivity contribution in [3.63, 3.8) is 0 Å². The predicted molar refractivity (Wildman–Crippen MR) is 125 cm³/mol. The number of nitrogens with one attached hydrogen (secondary N) is 1. The molecule has 166 valence electrons. The van der Waals surface area contributed by atoms with Crippen LogP contribution in [0.4, 0.5) is 5.69 Å². The van der Waals surface area contributed by atoms with E-state index in [1.807, 2.05) is 37.4 Å². The Bertz CT molecular complexity index is 1180. The van der Waals surface area contributed by atoms with Gasteiger partial charge in [0.25, 0.3) is 5.91 Å². The average molecular weight is 432 g/mol. The van der Waals surface area contributed by atoms with Gasteiger partial charge in [-0.15, -0.1) is 0 Å². The van der Waals surface area contributed by atoms with Gasteiger partial charge in [-0.3, -0.25) is 4.79 Å². The molecule has 1 aliphatic carbocycles. The number of ether oxygens (including phenoxy) is 1. The molecule has 32 heavy (non-hydrogen) atoms. The number of fused-ring (bicyclic) bond motifs is 1. The summed E-state index contributed by atoms with van der Waals surface area (Å²) in [4.78, 5) is 26.6. The first kappa shape index (κ1) is 20.7. The van der Waals surface area contributed by atoms with E-state index in [1.54, 1.807) is 7.11 Å². The summed E-state index contributed by atoms with van der Waals surface area (Å²) in [7, 11) is 5.86. The molecule has 0 atom stereocenters. The standard InChI is InChI=1S/C25H29N5O2/c1-16-5-6-17(30-13-18(14-30)29(2)3)11-19(16)24(31)28-25(9-10-25)21-7-8-22(32-4)23-20(21)12-26-15-27-23/h5-8,11-12,15,18H,9-10,13-14H2,1-4H3,(H,28,31). The van der Waals surface area contributed by atoms with Crippen molar-refractivity contribution in [1.82, 2.24) is 20.2 Å². The van der Waals surface area contributed by atoms with Gasteiger partial charge in [-0.1, -0.05) is 12.1 Å². The van der Waals surface area contributed by atoms with Gasteiger partial charge in [0.1, 0.15) is 17.6 Å². The van der Waals surface area contributed by atoms with Gasteiger partial charge in [0.15, 0.2) is 0 Å². The highest BCUT2D eigenvalue weighted by Crippen LogP contribution is 2.49. The van der Waals surface area contributed by atoms with Crippen molar-refractivity contribution in [3.8, 4) is 5.75 Å². The van der Waals surface area contributed by atoms with Gasteiger partial charge in [0.2, 0.25) is 0 Å². The quantitative estimate of drug-likeness (QED) is 0.647. The summed E-state index contributed by atoms with van der Waals surface area (Å²) in [5.41, 5.74) is 4.25. The van der Waals surface area contributed by atoms with Gasteiger partial charge in [-0.2, -0.15) is 0 Å². The lowest BCUT2D eigenvalue weighted by Gasteiger charge is -2.44. The fourth-order valence-corrected chi connectivity index (χ4v) is 4.55. The zero-order valence-electron chi connectivity index (χ0n) is 19.1. The summed E-state index contributed by atoms with van der Waals surface area (Å²) < 4.78 is 5.47. The van der Waals surface area contributed by atoms with Gasteiger partial charge in [0, 0.05) is 42.0 Å². The molecule has 1 saturated carbocycles. The van der Waals surface area contributed by atoms with Crippen LogP contribution in [0, 0.1) is 6.92 Å². The first-order valence-corrected chi connectivity index (χ1v) is 11.0. The number of rotatable bonds is 6. The maximum absolute atomic E-state index is 13.4. The fraction of sp³-hybridized carbons (Fsp3) is 0.400. The lowest BCUT2D eigenvalue weighted by molar-refractivity contribution is 0.0930. The Hall–Kier alpha value is -3.19. The average Bonchev–Trinajstić information content (AvgIpc) is 3.52. The second-order valence-electron chi connectivity index (χ2n) is 9.16. The van der Waals surface area contributed by atoms with E-state index >= 15 is 0 Å². The molecule has 2 fully saturated rings. The highest BCUT2D eigenvalue weighted by molar-refractivity contribution is 5.98. The van der Waals surface area contributed by atoms with Gasteiger partial charge < -0.3 is 19.9 Å². The van der Waals surface area contributed by atoms with E-state index in [-0.39, 0.29) is 11.4 Å². The van der Waals surface area contributed by atoms with Crippen LogP contribution >= 0.6 is 0 Å². The van der Waals surface area contributed by atoms with Crippen molar-refractivity contribution < 1.29 is 9.53 Å². The summed E-state index contributed by atoms with van der Waals surface area (Å²) in [5.74, 6) is 0.676. The second kappa shape index (κ2) is 7.74. The Morgan fingerprint density at radius 3 is 2.69 bits per heavy atom. The van der Waals surface area contributed by atoms with Crippen LogP contribution in [0.25, 0.3) is 10.9 Å². The van der Waals surface area contributed by atoms with Crippen LogP contribution in [0.1, 0.15) is 34.3 Å². The van der Waals surface area contributed by atoms with Crippen LogP contribution in [0.5, 0.6) is 5.75 Å². The first-order chi connectivity index (χ1) is 15.4. The Labute approximate surface area is 188 Å². The van der Waals surface area contributed by atoms with E-state index < -0.39 is 0 Å². The minimum Gasteiger partial charge on any atom is -0.494 e. The van der Waals surface area contributed by atoms with E-state index in [1.165, 1.54) is 6.33 Å². The smallest absolute Gasteiger partial charge is 0.252 e. The largest absolute Gasteiger partial charge is 0.494 e. The molecule has 2 heterocycles. The van der Waals surface area contributed by atoms with E-state index in [4.69, 9.17) is 4.74 Å². The second-order valence-corrected chi connectivity index (χ2v) is 9.16. The number of likely N-dealkylation sites (N-methyl/N-ethyl adjacent to an activating group) is 1. The molecule has 0 spiro atoms. The molecule has 2 aliphatic rings. The summed E-state index contributed by atoms with van der Waals surface area (Å²) >= 11 is 0. The third-order valence-corrected chi connectivity index (χ3v) is 6.90. The molecular weight excluding hydrogens is 402 g/mol. The van der Waals surface area contributed by atoms with Crippen molar-refractivity contribution in [2.24, 2.45) is 0 Å². The number of aryl methyl sites for hydroxylation is 1. The number of aromatic nitrogens is 2. The molecule has 2 aromatic carbocycles. The molecule has 0 radical (unpaired) electrons. The van der Waals surface area contributed by atoms with E-state index in [2.05, 4.69) is 45.2 Å². The normalized spacial score (nSPS) is 17.3. The predicted octanol–water partition coefficient (Wildman–Crippen LogP) is 3.12. The Kier molecular flexibility index (Phi) is 5.01. The molecule has 1 N–H and O–H groups in total. The highest BCUT2D eigenvalue weighted by Gasteiger charge is 2.47. The molecule has 5 rings (SSSR count). The molecule has 1 aliphatic heterocycles. The Balaban J connectivity index is 1.41. The lowest BCUT2D eigenvalue weighted by atomic mass is 9.98. The van der Waals surface area contributed by atoms with Crippen LogP contribution in [-0.4, -0.2) is 61.1 Å². The minimum atomic E-state index is -0.387. The number of carbonyl (C=O) groups is 1. The molecule has 1 saturated heterocycles. The fourth-order valence-electron chi connectivity index (χ4n) is 4.55. The number of nitrogens with zero attached hydrogens (tertiary/aromatic N) is 4. The summed E-state index contributed by atoms with van der Waals surface area (Å²) in [6.45, 7) is 3.96.